The number of carbonyl (C=O) groups excluding carboxylic acids is 3. The molecule has 1 aliphatic carbocycles. The maximum atomic E-state index is 14.0. The number of amides is 2. The van der Waals surface area contributed by atoms with Crippen LogP contribution in [0.2, 0.25) is 0 Å². The highest BCUT2D eigenvalue weighted by molar-refractivity contribution is 5.92. The SMILES string of the molecule is Cc1cc(CCC[C@@H](C(=O)N[C@H](C(=O)N[C@@H]2CCc3ccccc32)C(C)(C)C)[C@@H]2OC(C)(C)OC2=O)ccc1-c1ccccc1. The molecule has 1 fully saturated rings. The van der Waals surface area contributed by atoms with E-state index >= 15 is 0 Å². The van der Waals surface area contributed by atoms with Crippen LogP contribution < -0.4 is 10.6 Å². The molecule has 0 spiro atoms. The highest BCUT2D eigenvalue weighted by Crippen LogP contribution is 2.34. The number of cyclic esters (lactones) is 1. The van der Waals surface area contributed by atoms with Crippen LogP contribution in [0.3, 0.4) is 0 Å². The van der Waals surface area contributed by atoms with Crippen molar-refractivity contribution in [1.82, 2.24) is 10.6 Å². The van der Waals surface area contributed by atoms with Gasteiger partial charge in [0.15, 0.2) is 6.10 Å². The van der Waals surface area contributed by atoms with Gasteiger partial charge >= 0.3 is 5.97 Å². The molecule has 2 amide bonds. The molecule has 0 radical (unpaired) electrons. The van der Waals surface area contributed by atoms with E-state index in [9.17, 15) is 14.4 Å². The average Bonchev–Trinajstić information content (AvgIpc) is 3.51. The van der Waals surface area contributed by atoms with Gasteiger partial charge in [-0.15, -0.1) is 0 Å². The smallest absolute Gasteiger partial charge is 0.338 e. The van der Waals surface area contributed by atoms with Gasteiger partial charge in [0.1, 0.15) is 6.04 Å². The third-order valence-electron chi connectivity index (χ3n) is 8.91. The lowest BCUT2D eigenvalue weighted by molar-refractivity contribution is -0.162. The minimum absolute atomic E-state index is 0.100. The number of esters is 1. The molecule has 0 saturated carbocycles. The standard InChI is InChI=1S/C38H46N2O5/c1-24-23-25(19-21-28(24)26-14-8-7-9-15-26)13-12-18-30(32-36(43)45-38(5,6)44-32)34(41)40-33(37(2,3)4)35(42)39-31-22-20-27-16-10-11-17-29(27)31/h7-11,14-17,19,21,23,30-33H,12-13,18,20,22H2,1-6H3,(H,39,42)(H,40,41)/t30-,31-,32+,33-/m1/s1. The molecule has 1 aliphatic heterocycles. The van der Waals surface area contributed by atoms with Crippen molar-refractivity contribution >= 4 is 17.8 Å². The Morgan fingerprint density at radius 1 is 0.978 bits per heavy atom. The maximum absolute atomic E-state index is 14.0. The number of nitrogens with one attached hydrogen (secondary N) is 2. The van der Waals surface area contributed by atoms with E-state index in [0.717, 1.165) is 30.4 Å². The van der Waals surface area contributed by atoms with E-state index in [0.29, 0.717) is 12.8 Å². The fraction of sp³-hybridized carbons (Fsp3) is 0.447. The Morgan fingerprint density at radius 2 is 1.69 bits per heavy atom. The predicted octanol–water partition coefficient (Wildman–Crippen LogP) is 6.61. The Labute approximate surface area is 267 Å². The van der Waals surface area contributed by atoms with Crippen molar-refractivity contribution in [2.24, 2.45) is 11.3 Å². The number of fused-ring (bicyclic) bond motifs is 1. The van der Waals surface area contributed by atoms with Crippen molar-refractivity contribution in [2.45, 2.75) is 97.6 Å². The van der Waals surface area contributed by atoms with E-state index in [1.54, 1.807) is 13.8 Å². The zero-order valence-corrected chi connectivity index (χ0v) is 27.3. The molecule has 1 heterocycles. The van der Waals surface area contributed by atoms with E-state index in [1.807, 2.05) is 51.1 Å². The molecule has 238 valence electrons. The lowest BCUT2D eigenvalue weighted by Gasteiger charge is -2.33. The topological polar surface area (TPSA) is 93.7 Å². The van der Waals surface area contributed by atoms with Gasteiger partial charge in [-0.2, -0.15) is 0 Å². The molecular formula is C38H46N2O5. The lowest BCUT2D eigenvalue weighted by Crippen LogP contribution is -2.56. The molecule has 2 N–H and O–H groups in total. The van der Waals surface area contributed by atoms with Gasteiger partial charge in [-0.25, -0.2) is 4.79 Å². The van der Waals surface area contributed by atoms with Gasteiger partial charge < -0.3 is 20.1 Å². The summed E-state index contributed by atoms with van der Waals surface area (Å²) in [6, 6.07) is 24.0. The number of hydrogen-bond donors (Lipinski definition) is 2. The Morgan fingerprint density at radius 3 is 2.36 bits per heavy atom. The molecule has 0 unspecified atom stereocenters. The Balaban J connectivity index is 1.30. The van der Waals surface area contributed by atoms with E-state index in [1.165, 1.54) is 22.3 Å². The van der Waals surface area contributed by atoms with Crippen LogP contribution in [-0.4, -0.2) is 35.7 Å². The summed E-state index contributed by atoms with van der Waals surface area (Å²) in [5.41, 5.74) is 6.49. The van der Waals surface area contributed by atoms with Crippen LogP contribution >= 0.6 is 0 Å². The summed E-state index contributed by atoms with van der Waals surface area (Å²) in [7, 11) is 0. The van der Waals surface area contributed by atoms with Crippen molar-refractivity contribution in [3.8, 4) is 11.1 Å². The first-order chi connectivity index (χ1) is 21.3. The number of rotatable bonds is 10. The zero-order chi connectivity index (χ0) is 32.4. The van der Waals surface area contributed by atoms with Crippen molar-refractivity contribution in [3.63, 3.8) is 0 Å². The van der Waals surface area contributed by atoms with Crippen LogP contribution in [-0.2, 0) is 36.7 Å². The minimum Gasteiger partial charge on any atom is -0.432 e. The monoisotopic (exact) mass is 610 g/mol. The normalized spacial score (nSPS) is 20.2. The first-order valence-electron chi connectivity index (χ1n) is 16.1. The van der Waals surface area contributed by atoms with Gasteiger partial charge in [-0.05, 0) is 77.8 Å². The third-order valence-corrected chi connectivity index (χ3v) is 8.91. The van der Waals surface area contributed by atoms with E-state index < -0.39 is 35.2 Å². The highest BCUT2D eigenvalue weighted by Gasteiger charge is 2.48. The van der Waals surface area contributed by atoms with Crippen LogP contribution in [0, 0.1) is 18.3 Å². The fourth-order valence-corrected chi connectivity index (χ4v) is 6.58. The summed E-state index contributed by atoms with van der Waals surface area (Å²) in [5.74, 6) is -3.11. The van der Waals surface area contributed by atoms with E-state index in [2.05, 4.69) is 60.0 Å². The van der Waals surface area contributed by atoms with Crippen LogP contribution in [0.25, 0.3) is 11.1 Å². The van der Waals surface area contributed by atoms with E-state index in [4.69, 9.17) is 9.47 Å². The Bertz CT molecular complexity index is 1540. The summed E-state index contributed by atoms with van der Waals surface area (Å²) in [6.07, 6.45) is 2.46. The van der Waals surface area contributed by atoms with Crippen molar-refractivity contribution < 1.29 is 23.9 Å². The second-order valence-electron chi connectivity index (χ2n) is 14.0. The van der Waals surface area contributed by atoms with Gasteiger partial charge in [0, 0.05) is 13.8 Å². The summed E-state index contributed by atoms with van der Waals surface area (Å²) in [6.45, 7) is 11.2. The summed E-state index contributed by atoms with van der Waals surface area (Å²) in [5, 5.41) is 6.21. The van der Waals surface area contributed by atoms with Gasteiger partial charge in [0.25, 0.3) is 0 Å². The fourth-order valence-electron chi connectivity index (χ4n) is 6.58. The van der Waals surface area contributed by atoms with Crippen molar-refractivity contribution in [3.05, 3.63) is 95.1 Å². The molecule has 5 rings (SSSR count). The quantitative estimate of drug-likeness (QED) is 0.252. The van der Waals surface area contributed by atoms with Crippen LogP contribution in [0.4, 0.5) is 0 Å². The molecule has 45 heavy (non-hydrogen) atoms. The number of carbonyl (C=O) groups is 3. The molecule has 4 atom stereocenters. The van der Waals surface area contributed by atoms with Crippen molar-refractivity contribution in [1.29, 1.82) is 0 Å². The average molecular weight is 611 g/mol. The van der Waals surface area contributed by atoms with Gasteiger partial charge in [-0.3, -0.25) is 9.59 Å². The summed E-state index contributed by atoms with van der Waals surface area (Å²) < 4.78 is 11.4. The van der Waals surface area contributed by atoms with Gasteiger partial charge in [0.2, 0.25) is 17.6 Å². The molecule has 7 nitrogen and oxygen atoms in total. The number of benzene rings is 3. The molecule has 3 aromatic carbocycles. The number of ether oxygens (including phenoxy) is 2. The lowest BCUT2D eigenvalue weighted by atomic mass is 9.84. The Kier molecular flexibility index (Phi) is 9.49. The van der Waals surface area contributed by atoms with Crippen LogP contribution in [0.1, 0.15) is 82.2 Å². The van der Waals surface area contributed by atoms with Gasteiger partial charge in [-0.1, -0.05) is 93.6 Å². The maximum Gasteiger partial charge on any atom is 0.338 e. The zero-order valence-electron chi connectivity index (χ0n) is 27.3. The third kappa shape index (κ3) is 7.64. The van der Waals surface area contributed by atoms with Crippen molar-refractivity contribution in [2.75, 3.05) is 0 Å². The van der Waals surface area contributed by atoms with Crippen LogP contribution in [0.5, 0.6) is 0 Å². The molecular weight excluding hydrogens is 564 g/mol. The number of hydrogen-bond acceptors (Lipinski definition) is 5. The first-order valence-corrected chi connectivity index (χ1v) is 16.1. The largest absolute Gasteiger partial charge is 0.432 e. The summed E-state index contributed by atoms with van der Waals surface area (Å²) >= 11 is 0. The van der Waals surface area contributed by atoms with Gasteiger partial charge in [0.05, 0.1) is 12.0 Å². The molecule has 2 aliphatic rings. The molecule has 7 heteroatoms. The second kappa shape index (κ2) is 13.2. The summed E-state index contributed by atoms with van der Waals surface area (Å²) in [4.78, 5) is 40.7. The first kappa shape index (κ1) is 32.4. The molecule has 0 bridgehead atoms. The predicted molar refractivity (Wildman–Crippen MR) is 175 cm³/mol. The Hall–Kier alpha value is -3.97. The molecule has 0 aromatic heterocycles. The van der Waals surface area contributed by atoms with E-state index in [-0.39, 0.29) is 17.9 Å². The van der Waals surface area contributed by atoms with Crippen LogP contribution in [0.15, 0.2) is 72.8 Å². The minimum atomic E-state index is -1.12. The highest BCUT2D eigenvalue weighted by atomic mass is 16.8. The molecule has 3 aromatic rings. The molecule has 1 saturated heterocycles. The number of aryl methyl sites for hydroxylation is 3. The second-order valence-corrected chi connectivity index (χ2v) is 14.0.